The Kier molecular flexibility index (Phi) is 4.88. The predicted molar refractivity (Wildman–Crippen MR) is 61.6 cm³/mol. The van der Waals surface area contributed by atoms with Gasteiger partial charge in [-0.25, -0.2) is 14.4 Å². The second-order valence-electron chi connectivity index (χ2n) is 3.35. The van der Waals surface area contributed by atoms with Crippen molar-refractivity contribution in [2.75, 3.05) is 24.7 Å². The Morgan fingerprint density at radius 2 is 2.00 bits per heavy atom. The van der Waals surface area contributed by atoms with Crippen molar-refractivity contribution >= 4 is 29.8 Å². The first-order chi connectivity index (χ1) is 8.02. The molecule has 0 spiro atoms. The minimum Gasteiger partial charge on any atom is -0.480 e. The molecule has 96 valence electrons. The second kappa shape index (κ2) is 6.18. The SMILES string of the molecule is NC(=O)NCCNC(=O)N1CSC[C@H]1C(=O)O. The van der Waals surface area contributed by atoms with Gasteiger partial charge in [0.15, 0.2) is 0 Å². The van der Waals surface area contributed by atoms with Crippen LogP contribution in [0.15, 0.2) is 0 Å². The summed E-state index contributed by atoms with van der Waals surface area (Å²) in [5, 5.41) is 13.7. The van der Waals surface area contributed by atoms with Crippen molar-refractivity contribution in [2.45, 2.75) is 6.04 Å². The van der Waals surface area contributed by atoms with Crippen molar-refractivity contribution in [3.05, 3.63) is 0 Å². The summed E-state index contributed by atoms with van der Waals surface area (Å²) in [6, 6.07) is -1.91. The second-order valence-corrected chi connectivity index (χ2v) is 4.35. The number of nitrogens with zero attached hydrogens (tertiary/aromatic N) is 1. The summed E-state index contributed by atoms with van der Waals surface area (Å²) >= 11 is 1.39. The molecule has 1 atom stereocenters. The summed E-state index contributed by atoms with van der Waals surface area (Å²) < 4.78 is 0. The molecule has 0 aromatic rings. The van der Waals surface area contributed by atoms with Crippen molar-refractivity contribution in [1.29, 1.82) is 0 Å². The van der Waals surface area contributed by atoms with Crippen LogP contribution < -0.4 is 16.4 Å². The number of nitrogens with one attached hydrogen (secondary N) is 2. The molecule has 17 heavy (non-hydrogen) atoms. The highest BCUT2D eigenvalue weighted by Gasteiger charge is 2.34. The van der Waals surface area contributed by atoms with Gasteiger partial charge in [-0.1, -0.05) is 0 Å². The van der Waals surface area contributed by atoms with E-state index in [0.717, 1.165) is 0 Å². The number of urea groups is 2. The van der Waals surface area contributed by atoms with Gasteiger partial charge >= 0.3 is 18.0 Å². The first kappa shape index (κ1) is 13.4. The third kappa shape index (κ3) is 4.02. The van der Waals surface area contributed by atoms with Gasteiger partial charge in [-0.05, 0) is 0 Å². The lowest BCUT2D eigenvalue weighted by atomic mass is 10.3. The molecule has 1 saturated heterocycles. The normalized spacial score (nSPS) is 18.8. The molecule has 0 aromatic heterocycles. The first-order valence-corrected chi connectivity index (χ1v) is 6.06. The van der Waals surface area contributed by atoms with Gasteiger partial charge in [0.2, 0.25) is 0 Å². The topological polar surface area (TPSA) is 125 Å². The fraction of sp³-hybridized carbons (Fsp3) is 0.625. The van der Waals surface area contributed by atoms with E-state index in [1.54, 1.807) is 0 Å². The molecule has 1 heterocycles. The molecule has 1 rings (SSSR count). The highest BCUT2D eigenvalue weighted by molar-refractivity contribution is 7.99. The zero-order chi connectivity index (χ0) is 12.8. The van der Waals surface area contributed by atoms with Gasteiger partial charge < -0.3 is 26.4 Å². The lowest BCUT2D eigenvalue weighted by Gasteiger charge is -2.20. The fourth-order valence-corrected chi connectivity index (χ4v) is 2.45. The highest BCUT2D eigenvalue weighted by atomic mass is 32.2. The fourth-order valence-electron chi connectivity index (χ4n) is 1.30. The first-order valence-electron chi connectivity index (χ1n) is 4.90. The number of carboxylic acid groups (broad SMARTS) is 1. The van der Waals surface area contributed by atoms with E-state index in [2.05, 4.69) is 10.6 Å². The van der Waals surface area contributed by atoms with E-state index in [-0.39, 0.29) is 13.1 Å². The molecule has 5 N–H and O–H groups in total. The van der Waals surface area contributed by atoms with Crippen LogP contribution in [0.3, 0.4) is 0 Å². The maximum Gasteiger partial charge on any atom is 0.327 e. The van der Waals surface area contributed by atoms with Crippen LogP contribution in [0.25, 0.3) is 0 Å². The maximum absolute atomic E-state index is 11.6. The lowest BCUT2D eigenvalue weighted by molar-refractivity contribution is -0.140. The highest BCUT2D eigenvalue weighted by Crippen LogP contribution is 2.20. The standard InChI is InChI=1S/C8H14N4O4S/c9-7(15)10-1-2-11-8(16)12-4-17-3-5(12)6(13)14/h5H,1-4H2,(H,11,16)(H,13,14)(H3,9,10,15)/t5-/m0/s1. The summed E-state index contributed by atoms with van der Waals surface area (Å²) in [5.74, 6) is -0.269. The number of hydrogen-bond acceptors (Lipinski definition) is 4. The number of aliphatic carboxylic acids is 1. The largest absolute Gasteiger partial charge is 0.480 e. The summed E-state index contributed by atoms with van der Waals surface area (Å²) in [7, 11) is 0. The van der Waals surface area contributed by atoms with Crippen LogP contribution in [0.5, 0.6) is 0 Å². The zero-order valence-electron chi connectivity index (χ0n) is 9.01. The van der Waals surface area contributed by atoms with Crippen LogP contribution in [-0.2, 0) is 4.79 Å². The van der Waals surface area contributed by atoms with E-state index in [1.165, 1.54) is 16.7 Å². The lowest BCUT2D eigenvalue weighted by Crippen LogP contribution is -2.48. The Bertz CT molecular complexity index is 325. The number of hydrogen-bond donors (Lipinski definition) is 4. The van der Waals surface area contributed by atoms with E-state index >= 15 is 0 Å². The Morgan fingerprint density at radius 1 is 1.35 bits per heavy atom. The number of nitrogens with two attached hydrogens (primary N) is 1. The van der Waals surface area contributed by atoms with Crippen LogP contribution in [0, 0.1) is 0 Å². The number of carbonyl (C=O) groups is 3. The van der Waals surface area contributed by atoms with Crippen LogP contribution in [0.4, 0.5) is 9.59 Å². The Morgan fingerprint density at radius 3 is 2.59 bits per heavy atom. The summed E-state index contributed by atoms with van der Waals surface area (Å²) in [6.45, 7) is 0.412. The smallest absolute Gasteiger partial charge is 0.327 e. The number of amides is 4. The monoisotopic (exact) mass is 262 g/mol. The Labute approximate surface area is 102 Å². The third-order valence-corrected chi connectivity index (χ3v) is 3.14. The van der Waals surface area contributed by atoms with Gasteiger partial charge in [-0.3, -0.25) is 0 Å². The van der Waals surface area contributed by atoms with Gasteiger partial charge in [-0.15, -0.1) is 11.8 Å². The van der Waals surface area contributed by atoms with E-state index < -0.39 is 24.1 Å². The molecule has 0 saturated carbocycles. The molecule has 0 aromatic carbocycles. The maximum atomic E-state index is 11.6. The van der Waals surface area contributed by atoms with Gasteiger partial charge in [-0.2, -0.15) is 0 Å². The number of thioether (sulfide) groups is 1. The number of carboxylic acids is 1. The molecule has 0 unspecified atom stereocenters. The summed E-state index contributed by atoms with van der Waals surface area (Å²) in [6.07, 6.45) is 0. The molecular formula is C8H14N4O4S. The van der Waals surface area contributed by atoms with Crippen LogP contribution in [-0.4, -0.2) is 58.8 Å². The van der Waals surface area contributed by atoms with Crippen molar-refractivity contribution in [3.8, 4) is 0 Å². The average molecular weight is 262 g/mol. The average Bonchev–Trinajstić information content (AvgIpc) is 2.72. The van der Waals surface area contributed by atoms with E-state index in [0.29, 0.717) is 11.6 Å². The summed E-state index contributed by atoms with van der Waals surface area (Å²) in [5.41, 5.74) is 4.84. The van der Waals surface area contributed by atoms with Gasteiger partial charge in [0, 0.05) is 18.8 Å². The molecular weight excluding hydrogens is 248 g/mol. The van der Waals surface area contributed by atoms with Crippen molar-refractivity contribution in [1.82, 2.24) is 15.5 Å². The molecule has 4 amide bonds. The number of carbonyl (C=O) groups excluding carboxylic acids is 2. The van der Waals surface area contributed by atoms with Crippen molar-refractivity contribution in [3.63, 3.8) is 0 Å². The minimum absolute atomic E-state index is 0.204. The van der Waals surface area contributed by atoms with E-state index in [1.807, 2.05) is 0 Å². The van der Waals surface area contributed by atoms with Crippen LogP contribution in [0.1, 0.15) is 0 Å². The van der Waals surface area contributed by atoms with Crippen molar-refractivity contribution in [2.24, 2.45) is 5.73 Å². The third-order valence-electron chi connectivity index (χ3n) is 2.13. The molecule has 1 aliphatic heterocycles. The number of rotatable bonds is 4. The molecule has 9 heteroatoms. The molecule has 1 aliphatic rings. The van der Waals surface area contributed by atoms with Gasteiger partial charge in [0.1, 0.15) is 6.04 Å². The quantitative estimate of drug-likeness (QED) is 0.475. The molecule has 0 bridgehead atoms. The van der Waals surface area contributed by atoms with E-state index in [4.69, 9.17) is 10.8 Å². The molecule has 1 fully saturated rings. The molecule has 8 nitrogen and oxygen atoms in total. The van der Waals surface area contributed by atoms with Crippen LogP contribution >= 0.6 is 11.8 Å². The van der Waals surface area contributed by atoms with Gasteiger partial charge in [0.25, 0.3) is 0 Å². The summed E-state index contributed by atoms with van der Waals surface area (Å²) in [4.78, 5) is 34.0. The Hall–Kier alpha value is -1.64. The van der Waals surface area contributed by atoms with E-state index in [9.17, 15) is 14.4 Å². The number of primary amides is 1. The zero-order valence-corrected chi connectivity index (χ0v) is 9.83. The van der Waals surface area contributed by atoms with Gasteiger partial charge in [0.05, 0.1) is 5.88 Å². The predicted octanol–water partition coefficient (Wildman–Crippen LogP) is -1.18. The Balaban J connectivity index is 2.32. The molecule has 0 radical (unpaired) electrons. The van der Waals surface area contributed by atoms with Crippen LogP contribution in [0.2, 0.25) is 0 Å². The minimum atomic E-state index is -1.01. The molecule has 0 aliphatic carbocycles. The van der Waals surface area contributed by atoms with Crippen molar-refractivity contribution < 1.29 is 19.5 Å².